The summed E-state index contributed by atoms with van der Waals surface area (Å²) < 4.78 is 14.3. The molecule has 2 fully saturated rings. The summed E-state index contributed by atoms with van der Waals surface area (Å²) in [5, 5.41) is 5.35. The van der Waals surface area contributed by atoms with Gasteiger partial charge in [0.2, 0.25) is 0 Å². The van der Waals surface area contributed by atoms with Crippen LogP contribution in [0.15, 0.2) is 18.2 Å². The first kappa shape index (κ1) is 17.7. The Morgan fingerprint density at radius 3 is 3.00 bits per heavy atom. The zero-order valence-electron chi connectivity index (χ0n) is 16.6. The topological polar surface area (TPSA) is 35.4 Å². The molecule has 27 heavy (non-hydrogen) atoms. The molecule has 3 aliphatic heterocycles. The molecule has 3 aliphatic rings. The van der Waals surface area contributed by atoms with Gasteiger partial charge < -0.3 is 19.4 Å². The van der Waals surface area contributed by atoms with E-state index < -0.39 is 0 Å². The third kappa shape index (κ3) is 3.22. The molecule has 4 nitrogen and oxygen atoms in total. The van der Waals surface area contributed by atoms with E-state index in [0.717, 1.165) is 58.5 Å². The predicted molar refractivity (Wildman–Crippen MR) is 108 cm³/mol. The summed E-state index contributed by atoms with van der Waals surface area (Å²) in [4.78, 5) is 0. The number of hydrogen-bond donors (Lipinski definition) is 1. The van der Waals surface area contributed by atoms with Crippen molar-refractivity contribution in [3.8, 4) is 0 Å². The molecule has 2 aromatic rings. The Balaban J connectivity index is 1.27. The van der Waals surface area contributed by atoms with Crippen LogP contribution in [0.1, 0.15) is 48.9 Å². The second kappa shape index (κ2) is 7.23. The van der Waals surface area contributed by atoms with Gasteiger partial charge >= 0.3 is 0 Å². The molecule has 146 valence electrons. The van der Waals surface area contributed by atoms with E-state index >= 15 is 0 Å². The van der Waals surface area contributed by atoms with E-state index in [1.807, 2.05) is 0 Å². The number of aromatic nitrogens is 1. The van der Waals surface area contributed by atoms with Crippen LogP contribution >= 0.6 is 0 Å². The van der Waals surface area contributed by atoms with Crippen molar-refractivity contribution in [1.29, 1.82) is 0 Å². The summed E-state index contributed by atoms with van der Waals surface area (Å²) in [7, 11) is 0. The smallest absolute Gasteiger partial charge is 0.0741 e. The highest BCUT2D eigenvalue weighted by Gasteiger charge is 2.38. The molecule has 1 spiro atoms. The Labute approximate surface area is 162 Å². The first-order chi connectivity index (χ1) is 13.3. The first-order valence-electron chi connectivity index (χ1n) is 10.8. The van der Waals surface area contributed by atoms with Crippen LogP contribution < -0.4 is 5.32 Å². The SMILES string of the molecule is Cc1c(CCN[C@@H]2CCOC3(CCOCC3)C2)c2cccc3c2n1CCC3. The maximum atomic E-state index is 6.19. The molecular weight excluding hydrogens is 336 g/mol. The molecule has 0 amide bonds. The number of ether oxygens (including phenoxy) is 2. The molecule has 4 heteroatoms. The van der Waals surface area contributed by atoms with Gasteiger partial charge in [-0.2, -0.15) is 0 Å². The molecule has 0 bridgehead atoms. The highest BCUT2D eigenvalue weighted by atomic mass is 16.5. The fourth-order valence-electron chi connectivity index (χ4n) is 5.60. The van der Waals surface area contributed by atoms with Crippen molar-refractivity contribution in [3.05, 3.63) is 35.0 Å². The van der Waals surface area contributed by atoms with Crippen LogP contribution in [0.2, 0.25) is 0 Å². The minimum Gasteiger partial charge on any atom is -0.381 e. The Hall–Kier alpha value is -1.36. The quantitative estimate of drug-likeness (QED) is 0.893. The molecule has 0 aliphatic carbocycles. The number of nitrogens with one attached hydrogen (secondary N) is 1. The number of nitrogens with zero attached hydrogens (tertiary/aromatic N) is 1. The summed E-state index contributed by atoms with van der Waals surface area (Å²) in [5.74, 6) is 0. The van der Waals surface area contributed by atoms with Crippen LogP contribution in [-0.4, -0.2) is 42.6 Å². The average Bonchev–Trinajstić information content (AvgIpc) is 2.97. The van der Waals surface area contributed by atoms with Crippen molar-refractivity contribution in [2.24, 2.45) is 0 Å². The molecular formula is C23H32N2O2. The van der Waals surface area contributed by atoms with Crippen LogP contribution in [0.25, 0.3) is 10.9 Å². The lowest BCUT2D eigenvalue weighted by Gasteiger charge is -2.43. The minimum absolute atomic E-state index is 0.0771. The fraction of sp³-hybridized carbons (Fsp3) is 0.652. The second-order valence-electron chi connectivity index (χ2n) is 8.67. The van der Waals surface area contributed by atoms with Gasteiger partial charge in [0.15, 0.2) is 0 Å². The Bertz CT molecular complexity index is 814. The standard InChI is InChI=1S/C23H32N2O2/c1-17-20(21-6-2-4-18-5-3-12-25(17)22(18)21)7-11-24-19-8-13-27-23(16-19)9-14-26-15-10-23/h2,4,6,19,24H,3,5,7-16H2,1H3/t19-/m1/s1. The highest BCUT2D eigenvalue weighted by molar-refractivity contribution is 5.88. The van der Waals surface area contributed by atoms with Crippen molar-refractivity contribution in [1.82, 2.24) is 9.88 Å². The van der Waals surface area contributed by atoms with E-state index in [1.165, 1.54) is 41.5 Å². The Morgan fingerprint density at radius 2 is 2.11 bits per heavy atom. The maximum absolute atomic E-state index is 6.19. The second-order valence-corrected chi connectivity index (χ2v) is 8.67. The number of aryl methyl sites for hydroxylation is 2. The van der Waals surface area contributed by atoms with E-state index in [1.54, 1.807) is 5.56 Å². The predicted octanol–water partition coefficient (Wildman–Crippen LogP) is 3.76. The number of benzene rings is 1. The van der Waals surface area contributed by atoms with E-state index in [9.17, 15) is 0 Å². The van der Waals surface area contributed by atoms with Gasteiger partial charge in [-0.3, -0.25) is 0 Å². The van der Waals surface area contributed by atoms with Crippen LogP contribution in [0, 0.1) is 6.92 Å². The van der Waals surface area contributed by atoms with Gasteiger partial charge in [0.1, 0.15) is 0 Å². The lowest BCUT2D eigenvalue weighted by Crippen LogP contribution is -2.50. The van der Waals surface area contributed by atoms with Gasteiger partial charge in [-0.25, -0.2) is 0 Å². The van der Waals surface area contributed by atoms with Gasteiger partial charge in [0.05, 0.1) is 11.1 Å². The van der Waals surface area contributed by atoms with Crippen molar-refractivity contribution < 1.29 is 9.47 Å². The lowest BCUT2D eigenvalue weighted by molar-refractivity contribution is -0.140. The molecule has 1 N–H and O–H groups in total. The van der Waals surface area contributed by atoms with Gasteiger partial charge in [-0.15, -0.1) is 0 Å². The van der Waals surface area contributed by atoms with Crippen LogP contribution in [0.3, 0.4) is 0 Å². The normalized spacial score (nSPS) is 24.6. The molecule has 4 heterocycles. The Morgan fingerprint density at radius 1 is 1.22 bits per heavy atom. The van der Waals surface area contributed by atoms with Gasteiger partial charge in [0, 0.05) is 43.5 Å². The molecule has 1 aromatic heterocycles. The summed E-state index contributed by atoms with van der Waals surface area (Å²) in [6.07, 6.45) is 8.00. The van der Waals surface area contributed by atoms with E-state index in [-0.39, 0.29) is 5.60 Å². The van der Waals surface area contributed by atoms with Crippen molar-refractivity contribution in [2.75, 3.05) is 26.4 Å². The summed E-state index contributed by atoms with van der Waals surface area (Å²) in [6, 6.07) is 7.47. The lowest BCUT2D eigenvalue weighted by atomic mass is 9.84. The minimum atomic E-state index is 0.0771. The summed E-state index contributed by atoms with van der Waals surface area (Å²) in [5.41, 5.74) is 6.14. The summed E-state index contributed by atoms with van der Waals surface area (Å²) in [6.45, 7) is 7.15. The van der Waals surface area contributed by atoms with Gasteiger partial charge in [0.25, 0.3) is 0 Å². The maximum Gasteiger partial charge on any atom is 0.0741 e. The van der Waals surface area contributed by atoms with Crippen molar-refractivity contribution >= 4 is 10.9 Å². The largest absolute Gasteiger partial charge is 0.381 e. The molecule has 2 saturated heterocycles. The number of rotatable bonds is 4. The Kier molecular flexibility index (Phi) is 4.75. The summed E-state index contributed by atoms with van der Waals surface area (Å²) >= 11 is 0. The van der Waals surface area contributed by atoms with E-state index in [4.69, 9.17) is 9.47 Å². The van der Waals surface area contributed by atoms with Crippen molar-refractivity contribution in [2.45, 2.75) is 70.1 Å². The molecule has 0 unspecified atom stereocenters. The third-order valence-electron chi connectivity index (χ3n) is 7.09. The van der Waals surface area contributed by atoms with Crippen LogP contribution in [0.4, 0.5) is 0 Å². The third-order valence-corrected chi connectivity index (χ3v) is 7.09. The van der Waals surface area contributed by atoms with E-state index in [0.29, 0.717) is 6.04 Å². The van der Waals surface area contributed by atoms with Gasteiger partial charge in [-0.05, 0) is 69.5 Å². The van der Waals surface area contributed by atoms with Crippen LogP contribution in [-0.2, 0) is 28.9 Å². The zero-order valence-corrected chi connectivity index (χ0v) is 16.6. The first-order valence-corrected chi connectivity index (χ1v) is 10.8. The molecule has 1 atom stereocenters. The number of para-hydroxylation sites is 1. The molecule has 0 saturated carbocycles. The van der Waals surface area contributed by atoms with Gasteiger partial charge in [-0.1, -0.05) is 18.2 Å². The average molecular weight is 369 g/mol. The zero-order chi connectivity index (χ0) is 18.3. The fourth-order valence-corrected chi connectivity index (χ4v) is 5.60. The van der Waals surface area contributed by atoms with Crippen LogP contribution in [0.5, 0.6) is 0 Å². The molecule has 1 aromatic carbocycles. The monoisotopic (exact) mass is 368 g/mol. The molecule has 0 radical (unpaired) electrons. The number of hydrogen-bond acceptors (Lipinski definition) is 3. The molecule has 5 rings (SSSR count). The van der Waals surface area contributed by atoms with Crippen molar-refractivity contribution in [3.63, 3.8) is 0 Å². The van der Waals surface area contributed by atoms with E-state index in [2.05, 4.69) is 35.0 Å². The highest BCUT2D eigenvalue weighted by Crippen LogP contribution is 2.35.